The zero-order valence-electron chi connectivity index (χ0n) is 21.5. The number of carbonyl (C=O) groups is 3. The fraction of sp³-hybridized carbons (Fsp3) is 0.167. The van der Waals surface area contributed by atoms with E-state index in [4.69, 9.17) is 18.9 Å². The minimum Gasteiger partial charge on any atom is -0.459 e. The molecule has 4 aromatic rings. The highest BCUT2D eigenvalue weighted by Crippen LogP contribution is 2.34. The summed E-state index contributed by atoms with van der Waals surface area (Å²) in [6, 6.07) is 25.5. The highest BCUT2D eigenvalue weighted by Gasteiger charge is 2.51. The number of esters is 3. The number of benzene rings is 3. The Bertz CT molecular complexity index is 1640. The van der Waals surface area contributed by atoms with Crippen LogP contribution in [0.4, 0.5) is 0 Å². The van der Waals surface area contributed by atoms with Crippen LogP contribution in [0.25, 0.3) is 0 Å². The summed E-state index contributed by atoms with van der Waals surface area (Å²) in [6.45, 7) is -0.408. The minimum absolute atomic E-state index is 0.201. The monoisotopic (exact) mass is 556 g/mol. The summed E-state index contributed by atoms with van der Waals surface area (Å²) in [5.74, 6) is -2.19. The molecule has 5 rings (SSSR count). The van der Waals surface area contributed by atoms with Crippen LogP contribution in [0.15, 0.2) is 113 Å². The fourth-order valence-corrected chi connectivity index (χ4v) is 4.31. The van der Waals surface area contributed by atoms with Crippen molar-refractivity contribution in [1.82, 2.24) is 9.55 Å². The van der Waals surface area contributed by atoms with Gasteiger partial charge in [0.25, 0.3) is 5.56 Å². The van der Waals surface area contributed by atoms with Crippen LogP contribution >= 0.6 is 0 Å². The summed E-state index contributed by atoms with van der Waals surface area (Å²) >= 11 is 0. The van der Waals surface area contributed by atoms with Crippen molar-refractivity contribution in [1.29, 1.82) is 0 Å². The SMILES string of the molecule is O=C(OC[C@H]1O[C@@H](n2ccc(=O)[nH]c2=O)C(OC(=O)c2ccccc2)[C@H]1OC(=O)c1ccccc1)c1ccccc1. The summed E-state index contributed by atoms with van der Waals surface area (Å²) in [5, 5.41) is 0. The van der Waals surface area contributed by atoms with Crippen molar-refractivity contribution in [2.75, 3.05) is 6.61 Å². The number of carbonyl (C=O) groups excluding carboxylic acids is 3. The van der Waals surface area contributed by atoms with E-state index in [0.29, 0.717) is 0 Å². The molecule has 208 valence electrons. The summed E-state index contributed by atoms with van der Waals surface area (Å²) in [7, 11) is 0. The predicted molar refractivity (Wildman–Crippen MR) is 143 cm³/mol. The van der Waals surface area contributed by atoms with Crippen LogP contribution in [0.2, 0.25) is 0 Å². The molecule has 41 heavy (non-hydrogen) atoms. The lowest BCUT2D eigenvalue weighted by atomic mass is 10.1. The van der Waals surface area contributed by atoms with Crippen LogP contribution < -0.4 is 11.2 Å². The van der Waals surface area contributed by atoms with Crippen LogP contribution in [0, 0.1) is 0 Å². The van der Waals surface area contributed by atoms with Crippen molar-refractivity contribution in [2.24, 2.45) is 0 Å². The third-order valence-electron chi connectivity index (χ3n) is 6.30. The van der Waals surface area contributed by atoms with E-state index in [2.05, 4.69) is 4.98 Å². The molecule has 1 saturated heterocycles. The number of aromatic amines is 1. The molecule has 1 N–H and O–H groups in total. The van der Waals surface area contributed by atoms with Crippen LogP contribution in [-0.4, -0.2) is 52.4 Å². The molecule has 1 aliphatic rings. The summed E-state index contributed by atoms with van der Waals surface area (Å²) in [6.07, 6.45) is -4.03. The largest absolute Gasteiger partial charge is 0.459 e. The first-order chi connectivity index (χ1) is 19.9. The van der Waals surface area contributed by atoms with Gasteiger partial charge in [-0.3, -0.25) is 14.3 Å². The van der Waals surface area contributed by atoms with Gasteiger partial charge in [0.1, 0.15) is 12.7 Å². The van der Waals surface area contributed by atoms with E-state index < -0.39 is 60.3 Å². The number of aromatic nitrogens is 2. The molecule has 11 nitrogen and oxygen atoms in total. The second kappa shape index (κ2) is 12.3. The van der Waals surface area contributed by atoms with E-state index in [9.17, 15) is 24.0 Å². The lowest BCUT2D eigenvalue weighted by molar-refractivity contribution is -0.0640. The van der Waals surface area contributed by atoms with Gasteiger partial charge in [-0.25, -0.2) is 19.2 Å². The van der Waals surface area contributed by atoms with Gasteiger partial charge in [-0.15, -0.1) is 0 Å². The summed E-state index contributed by atoms with van der Waals surface area (Å²) in [5.41, 5.74) is -0.804. The maximum Gasteiger partial charge on any atom is 0.338 e. The highest BCUT2D eigenvalue weighted by atomic mass is 16.7. The van der Waals surface area contributed by atoms with Gasteiger partial charge >= 0.3 is 23.6 Å². The third kappa shape index (κ3) is 6.31. The first kappa shape index (κ1) is 27.3. The topological polar surface area (TPSA) is 143 Å². The third-order valence-corrected chi connectivity index (χ3v) is 6.30. The van der Waals surface area contributed by atoms with Crippen LogP contribution in [0.3, 0.4) is 0 Å². The van der Waals surface area contributed by atoms with Crippen molar-refractivity contribution in [3.05, 3.63) is 141 Å². The Hall–Kier alpha value is -5.29. The molecule has 1 aromatic heterocycles. The lowest BCUT2D eigenvalue weighted by Gasteiger charge is -2.25. The van der Waals surface area contributed by atoms with E-state index in [1.54, 1.807) is 66.7 Å². The molecule has 3 aromatic carbocycles. The van der Waals surface area contributed by atoms with Gasteiger partial charge in [0.15, 0.2) is 18.4 Å². The molecular weight excluding hydrogens is 532 g/mol. The zero-order chi connectivity index (χ0) is 28.8. The second-order valence-corrected chi connectivity index (χ2v) is 9.02. The first-order valence-electron chi connectivity index (χ1n) is 12.6. The number of hydrogen-bond acceptors (Lipinski definition) is 9. The molecular formula is C30H24N2O9. The number of rotatable bonds is 8. The molecule has 0 radical (unpaired) electrons. The van der Waals surface area contributed by atoms with Crippen molar-refractivity contribution in [3.8, 4) is 0 Å². The van der Waals surface area contributed by atoms with Gasteiger partial charge < -0.3 is 18.9 Å². The Kier molecular flexibility index (Phi) is 8.16. The van der Waals surface area contributed by atoms with E-state index in [1.165, 1.54) is 30.5 Å². The van der Waals surface area contributed by atoms with E-state index in [-0.39, 0.29) is 16.7 Å². The van der Waals surface area contributed by atoms with Crippen molar-refractivity contribution < 1.29 is 33.3 Å². The average molecular weight is 557 g/mol. The molecule has 4 atom stereocenters. The Morgan fingerprint density at radius 2 is 1.17 bits per heavy atom. The number of nitrogens with zero attached hydrogens (tertiary/aromatic N) is 1. The summed E-state index contributed by atoms with van der Waals surface area (Å²) in [4.78, 5) is 65.5. The van der Waals surface area contributed by atoms with Gasteiger partial charge in [-0.2, -0.15) is 0 Å². The molecule has 0 bridgehead atoms. The van der Waals surface area contributed by atoms with Crippen molar-refractivity contribution in [3.63, 3.8) is 0 Å². The maximum absolute atomic E-state index is 13.1. The van der Waals surface area contributed by atoms with Gasteiger partial charge in [0, 0.05) is 12.3 Å². The molecule has 11 heteroatoms. The zero-order valence-corrected chi connectivity index (χ0v) is 21.5. The Morgan fingerprint density at radius 3 is 1.68 bits per heavy atom. The van der Waals surface area contributed by atoms with Crippen LogP contribution in [-0.2, 0) is 18.9 Å². The molecule has 2 heterocycles. The molecule has 1 aliphatic heterocycles. The molecule has 0 aliphatic carbocycles. The molecule has 1 fully saturated rings. The first-order valence-corrected chi connectivity index (χ1v) is 12.6. The minimum atomic E-state index is -1.38. The maximum atomic E-state index is 13.1. The normalized spacial score (nSPS) is 19.7. The van der Waals surface area contributed by atoms with E-state index in [1.807, 2.05) is 0 Å². The second-order valence-electron chi connectivity index (χ2n) is 9.02. The highest BCUT2D eigenvalue weighted by molar-refractivity contribution is 5.91. The van der Waals surface area contributed by atoms with Gasteiger partial charge in [0.2, 0.25) is 0 Å². The number of ether oxygens (including phenoxy) is 4. The lowest BCUT2D eigenvalue weighted by Crippen LogP contribution is -2.43. The molecule has 1 unspecified atom stereocenters. The Morgan fingerprint density at radius 1 is 0.683 bits per heavy atom. The van der Waals surface area contributed by atoms with E-state index in [0.717, 1.165) is 10.6 Å². The molecule has 0 saturated carbocycles. The molecule has 0 spiro atoms. The number of hydrogen-bond donors (Lipinski definition) is 1. The Balaban J connectivity index is 1.50. The quantitative estimate of drug-likeness (QED) is 0.256. The van der Waals surface area contributed by atoms with Crippen molar-refractivity contribution in [2.45, 2.75) is 24.5 Å². The number of H-pyrrole nitrogens is 1. The standard InChI is InChI=1S/C30H24N2O9/c33-23-16-17-32(30(37)31-23)26-25(41-29(36)21-14-8-3-9-15-21)24(40-28(35)20-12-6-2-7-13-20)22(39-26)18-38-27(34)19-10-4-1-5-11-19/h1-17,22,24-26H,18H2,(H,31,33,37)/t22-,24+,25?,26-/m1/s1. The molecule has 0 amide bonds. The Labute approximate surface area is 232 Å². The average Bonchev–Trinajstić information content (AvgIpc) is 3.33. The van der Waals surface area contributed by atoms with Crippen LogP contribution in [0.5, 0.6) is 0 Å². The van der Waals surface area contributed by atoms with E-state index >= 15 is 0 Å². The number of nitrogens with one attached hydrogen (secondary N) is 1. The van der Waals surface area contributed by atoms with Gasteiger partial charge in [-0.05, 0) is 36.4 Å². The van der Waals surface area contributed by atoms with Gasteiger partial charge in [-0.1, -0.05) is 54.6 Å². The fourth-order valence-electron chi connectivity index (χ4n) is 4.31. The summed E-state index contributed by atoms with van der Waals surface area (Å²) < 4.78 is 24.1. The van der Waals surface area contributed by atoms with Crippen LogP contribution in [0.1, 0.15) is 37.3 Å². The van der Waals surface area contributed by atoms with Crippen molar-refractivity contribution >= 4 is 17.9 Å². The predicted octanol–water partition coefficient (Wildman–Crippen LogP) is 2.74. The van der Waals surface area contributed by atoms with Gasteiger partial charge in [0.05, 0.1) is 16.7 Å². The smallest absolute Gasteiger partial charge is 0.338 e.